The Kier molecular flexibility index (Phi) is 5.16. The van der Waals surface area contributed by atoms with Gasteiger partial charge in [0.15, 0.2) is 11.5 Å². The molecule has 1 saturated heterocycles. The molecule has 158 valence electrons. The molecule has 2 aliphatic rings. The molecule has 0 unspecified atom stereocenters. The number of nitrogens with zero attached hydrogens (tertiary/aromatic N) is 1. The van der Waals surface area contributed by atoms with Crippen LogP contribution in [0.15, 0.2) is 66.7 Å². The van der Waals surface area contributed by atoms with Gasteiger partial charge in [0, 0.05) is 11.6 Å². The second kappa shape index (κ2) is 8.12. The van der Waals surface area contributed by atoms with E-state index in [2.05, 4.69) is 0 Å². The highest BCUT2D eigenvalue weighted by Crippen LogP contribution is 2.42. The predicted molar refractivity (Wildman–Crippen MR) is 113 cm³/mol. The van der Waals surface area contributed by atoms with E-state index >= 15 is 0 Å². The van der Waals surface area contributed by atoms with Gasteiger partial charge < -0.3 is 19.1 Å². The number of rotatable bonds is 6. The van der Waals surface area contributed by atoms with Crippen LogP contribution >= 0.6 is 11.6 Å². The van der Waals surface area contributed by atoms with Crippen LogP contribution in [0.2, 0.25) is 5.02 Å². The molecule has 31 heavy (non-hydrogen) atoms. The number of carbonyl (C=O) groups is 1. The van der Waals surface area contributed by atoms with Crippen LogP contribution < -0.4 is 14.2 Å². The van der Waals surface area contributed by atoms with Crippen LogP contribution in [0.1, 0.15) is 17.2 Å². The van der Waals surface area contributed by atoms with Crippen LogP contribution in [-0.2, 0) is 11.2 Å². The highest BCUT2D eigenvalue weighted by atomic mass is 35.5. The minimum absolute atomic E-state index is 0.0975. The molecule has 3 aromatic carbocycles. The largest absolute Gasteiger partial charge is 0.478 e. The van der Waals surface area contributed by atoms with E-state index < -0.39 is 6.10 Å². The third kappa shape index (κ3) is 3.91. The summed E-state index contributed by atoms with van der Waals surface area (Å²) in [7, 11) is 0. The Hall–Kier alpha value is -3.25. The summed E-state index contributed by atoms with van der Waals surface area (Å²) in [5, 5.41) is 0.598. The first-order valence-corrected chi connectivity index (χ1v) is 10.3. The molecule has 0 aromatic heterocycles. The van der Waals surface area contributed by atoms with Gasteiger partial charge in [0.2, 0.25) is 12.9 Å². The third-order valence-corrected chi connectivity index (χ3v) is 5.77. The highest BCUT2D eigenvalue weighted by Gasteiger charge is 2.50. The normalized spacial score (nSPS) is 19.3. The van der Waals surface area contributed by atoms with Crippen molar-refractivity contribution in [2.45, 2.75) is 18.6 Å². The summed E-state index contributed by atoms with van der Waals surface area (Å²) < 4.78 is 30.1. The molecule has 2 heterocycles. The lowest BCUT2D eigenvalue weighted by molar-refractivity contribution is -0.164. The number of likely N-dealkylation sites (tertiary alicyclic amines) is 1. The molecular formula is C24H19ClFNO4. The topological polar surface area (TPSA) is 48.0 Å². The predicted octanol–water partition coefficient (Wildman–Crippen LogP) is 4.78. The fourth-order valence-electron chi connectivity index (χ4n) is 3.89. The Morgan fingerprint density at radius 1 is 1.00 bits per heavy atom. The summed E-state index contributed by atoms with van der Waals surface area (Å²) in [6, 6.07) is 18.6. The molecule has 0 N–H and O–H groups in total. The monoisotopic (exact) mass is 439 g/mol. The molecule has 0 saturated carbocycles. The number of ether oxygens (including phenoxy) is 3. The zero-order chi connectivity index (χ0) is 21.4. The van der Waals surface area contributed by atoms with Crippen LogP contribution in [-0.4, -0.2) is 30.2 Å². The first-order valence-electron chi connectivity index (χ1n) is 9.95. The van der Waals surface area contributed by atoms with Crippen molar-refractivity contribution in [2.75, 3.05) is 13.3 Å². The van der Waals surface area contributed by atoms with Gasteiger partial charge in [-0.2, -0.15) is 0 Å². The molecule has 0 radical (unpaired) electrons. The summed E-state index contributed by atoms with van der Waals surface area (Å²) in [5.41, 5.74) is 1.86. The van der Waals surface area contributed by atoms with Gasteiger partial charge in [0.1, 0.15) is 17.6 Å². The van der Waals surface area contributed by atoms with E-state index in [9.17, 15) is 9.18 Å². The number of benzene rings is 3. The summed E-state index contributed by atoms with van der Waals surface area (Å²) in [5.74, 6) is 1.54. The third-order valence-electron chi connectivity index (χ3n) is 5.52. The molecule has 0 spiro atoms. The van der Waals surface area contributed by atoms with Crippen LogP contribution in [0.25, 0.3) is 0 Å². The van der Waals surface area contributed by atoms with Gasteiger partial charge in [-0.05, 0) is 66.1 Å². The van der Waals surface area contributed by atoms with Crippen molar-refractivity contribution in [1.82, 2.24) is 4.90 Å². The van der Waals surface area contributed by atoms with E-state index in [1.807, 2.05) is 18.2 Å². The Morgan fingerprint density at radius 2 is 1.74 bits per heavy atom. The Morgan fingerprint density at radius 3 is 2.52 bits per heavy atom. The molecule has 5 nitrogen and oxygen atoms in total. The maximum absolute atomic E-state index is 13.2. The quantitative estimate of drug-likeness (QED) is 0.518. The van der Waals surface area contributed by atoms with Crippen molar-refractivity contribution >= 4 is 17.5 Å². The first kappa shape index (κ1) is 19.7. The van der Waals surface area contributed by atoms with E-state index in [4.69, 9.17) is 25.8 Å². The molecule has 0 bridgehead atoms. The summed E-state index contributed by atoms with van der Waals surface area (Å²) in [6.07, 6.45) is -0.0458. The van der Waals surface area contributed by atoms with Crippen molar-refractivity contribution in [2.24, 2.45) is 0 Å². The van der Waals surface area contributed by atoms with Gasteiger partial charge in [0.05, 0.1) is 0 Å². The Labute approximate surface area is 183 Å². The van der Waals surface area contributed by atoms with Crippen molar-refractivity contribution in [3.05, 3.63) is 88.7 Å². The molecule has 1 fully saturated rings. The standard InChI is InChI=1S/C24H19ClFNO4/c25-17-4-8-19(9-5-17)31-23-22(16-3-10-20-21(13-16)30-14-29-20)27(24(23)28)12-11-15-1-6-18(26)7-2-15/h1-10,13,22-23H,11-12,14H2/t22-,23-/m0/s1. The fraction of sp³-hybridized carbons (Fsp3) is 0.208. The molecule has 2 aliphatic heterocycles. The summed E-state index contributed by atoms with van der Waals surface area (Å²) >= 11 is 5.96. The minimum Gasteiger partial charge on any atom is -0.478 e. The average molecular weight is 440 g/mol. The summed E-state index contributed by atoms with van der Waals surface area (Å²) in [6.45, 7) is 0.672. The second-order valence-corrected chi connectivity index (χ2v) is 7.89. The fourth-order valence-corrected chi connectivity index (χ4v) is 4.02. The van der Waals surface area contributed by atoms with Crippen molar-refractivity contribution in [1.29, 1.82) is 0 Å². The number of fused-ring (bicyclic) bond motifs is 1. The zero-order valence-electron chi connectivity index (χ0n) is 16.5. The van der Waals surface area contributed by atoms with E-state index in [1.54, 1.807) is 41.3 Å². The summed E-state index contributed by atoms with van der Waals surface area (Å²) in [4.78, 5) is 14.8. The molecule has 0 aliphatic carbocycles. The van der Waals surface area contributed by atoms with E-state index in [0.29, 0.717) is 35.2 Å². The van der Waals surface area contributed by atoms with Crippen LogP contribution in [0.3, 0.4) is 0 Å². The second-order valence-electron chi connectivity index (χ2n) is 7.46. The average Bonchev–Trinajstić information content (AvgIpc) is 3.25. The Bertz CT molecular complexity index is 1100. The highest BCUT2D eigenvalue weighted by molar-refractivity contribution is 6.30. The van der Waals surface area contributed by atoms with Gasteiger partial charge in [-0.25, -0.2) is 4.39 Å². The van der Waals surface area contributed by atoms with E-state index in [1.165, 1.54) is 12.1 Å². The lowest BCUT2D eigenvalue weighted by Gasteiger charge is -2.47. The lowest BCUT2D eigenvalue weighted by atomic mass is 9.89. The van der Waals surface area contributed by atoms with Gasteiger partial charge >= 0.3 is 0 Å². The SMILES string of the molecule is O=C1[C@@H](Oc2ccc(Cl)cc2)[C@H](c2ccc3c(c2)OCO3)N1CCc1ccc(F)cc1. The first-order chi connectivity index (χ1) is 15.1. The van der Waals surface area contributed by atoms with Gasteiger partial charge in [-0.1, -0.05) is 29.8 Å². The van der Waals surface area contributed by atoms with Crippen molar-refractivity contribution in [3.63, 3.8) is 0 Å². The van der Waals surface area contributed by atoms with Crippen LogP contribution in [0.5, 0.6) is 17.2 Å². The van der Waals surface area contributed by atoms with Crippen molar-refractivity contribution in [3.8, 4) is 17.2 Å². The van der Waals surface area contributed by atoms with E-state index in [0.717, 1.165) is 11.1 Å². The maximum Gasteiger partial charge on any atom is 0.266 e. The molecule has 3 aromatic rings. The molecule has 7 heteroatoms. The molecule has 2 atom stereocenters. The molecular weight excluding hydrogens is 421 g/mol. The van der Waals surface area contributed by atoms with E-state index in [-0.39, 0.29) is 24.6 Å². The Balaban J connectivity index is 1.39. The number of halogens is 2. The maximum atomic E-state index is 13.2. The lowest BCUT2D eigenvalue weighted by Crippen LogP contribution is -2.61. The van der Waals surface area contributed by atoms with Gasteiger partial charge in [-0.15, -0.1) is 0 Å². The number of β-lactam (4-membered cyclic amide) rings is 1. The van der Waals surface area contributed by atoms with Gasteiger partial charge in [-0.3, -0.25) is 4.79 Å². The smallest absolute Gasteiger partial charge is 0.266 e. The molecule has 1 amide bonds. The minimum atomic E-state index is -0.658. The van der Waals surface area contributed by atoms with Crippen LogP contribution in [0.4, 0.5) is 4.39 Å². The number of hydrogen-bond donors (Lipinski definition) is 0. The number of carbonyl (C=O) groups excluding carboxylic acids is 1. The van der Waals surface area contributed by atoms with Crippen molar-refractivity contribution < 1.29 is 23.4 Å². The number of amides is 1. The zero-order valence-corrected chi connectivity index (χ0v) is 17.2. The van der Waals surface area contributed by atoms with Crippen LogP contribution in [0, 0.1) is 5.82 Å². The molecule has 5 rings (SSSR count). The van der Waals surface area contributed by atoms with Gasteiger partial charge in [0.25, 0.3) is 5.91 Å². The number of hydrogen-bond acceptors (Lipinski definition) is 4.